The summed E-state index contributed by atoms with van der Waals surface area (Å²) < 4.78 is 10.7. The number of nitrogens with zero attached hydrogens (tertiary/aromatic N) is 2. The third kappa shape index (κ3) is 2.38. The van der Waals surface area contributed by atoms with Crippen LogP contribution < -0.4 is 9.47 Å². The van der Waals surface area contributed by atoms with Crippen LogP contribution >= 0.6 is 0 Å². The normalized spacial score (nSPS) is 13.3. The Morgan fingerprint density at radius 1 is 1.17 bits per heavy atom. The Hall–Kier alpha value is -3.26. The molecule has 0 fully saturated rings. The Bertz CT molecular complexity index is 986. The first kappa shape index (κ1) is 14.3. The first-order valence-electron chi connectivity index (χ1n) is 7.63. The van der Waals surface area contributed by atoms with Crippen LogP contribution in [-0.4, -0.2) is 16.8 Å². The lowest BCUT2D eigenvalue weighted by atomic mass is 10.1. The van der Waals surface area contributed by atoms with Gasteiger partial charge in [-0.1, -0.05) is 6.07 Å². The topological polar surface area (TPSA) is 70.9 Å². The lowest BCUT2D eigenvalue weighted by Gasteiger charge is -1.99. The number of nitriles is 1. The van der Waals surface area contributed by atoms with Gasteiger partial charge in [0.25, 0.3) is 0 Å². The highest BCUT2D eigenvalue weighted by molar-refractivity contribution is 5.90. The molecule has 0 aliphatic carbocycles. The Morgan fingerprint density at radius 2 is 1.96 bits per heavy atom. The SMILES string of the molecule is Cc1cc2nc(/C(C#N)=C/c3ccc4c(c3)OCO4)[nH]c2cc1C. The molecule has 1 N–H and O–H groups in total. The molecule has 0 bridgehead atoms. The largest absolute Gasteiger partial charge is 0.454 e. The summed E-state index contributed by atoms with van der Waals surface area (Å²) in [6, 6.07) is 11.9. The molecule has 5 heteroatoms. The summed E-state index contributed by atoms with van der Waals surface area (Å²) >= 11 is 0. The van der Waals surface area contributed by atoms with Gasteiger partial charge in [0.1, 0.15) is 11.9 Å². The van der Waals surface area contributed by atoms with Crippen LogP contribution in [0.15, 0.2) is 30.3 Å². The number of aryl methyl sites for hydroxylation is 2. The molecule has 5 nitrogen and oxygen atoms in total. The molecule has 4 rings (SSSR count). The van der Waals surface area contributed by atoms with Crippen molar-refractivity contribution in [2.75, 3.05) is 6.79 Å². The minimum atomic E-state index is 0.232. The number of H-pyrrole nitrogens is 1. The highest BCUT2D eigenvalue weighted by Crippen LogP contribution is 2.33. The maximum atomic E-state index is 9.53. The molecular weight excluding hydrogens is 302 g/mol. The number of imidazole rings is 1. The predicted octanol–water partition coefficient (Wildman–Crippen LogP) is 3.97. The van der Waals surface area contributed by atoms with Crippen molar-refractivity contribution < 1.29 is 9.47 Å². The zero-order valence-electron chi connectivity index (χ0n) is 13.4. The highest BCUT2D eigenvalue weighted by atomic mass is 16.7. The molecule has 1 aliphatic heterocycles. The molecule has 0 amide bonds. The van der Waals surface area contributed by atoms with Gasteiger partial charge in [0, 0.05) is 0 Å². The summed E-state index contributed by atoms with van der Waals surface area (Å²) in [5, 5.41) is 9.53. The van der Waals surface area contributed by atoms with Crippen LogP contribution in [0, 0.1) is 25.2 Å². The molecule has 1 aliphatic rings. The number of allylic oxidation sites excluding steroid dienone is 1. The van der Waals surface area contributed by atoms with Gasteiger partial charge in [-0.05, 0) is 60.9 Å². The zero-order valence-corrected chi connectivity index (χ0v) is 13.4. The Kier molecular flexibility index (Phi) is 3.24. The van der Waals surface area contributed by atoms with Crippen molar-refractivity contribution in [3.63, 3.8) is 0 Å². The molecular formula is C19H15N3O2. The molecule has 0 saturated carbocycles. The van der Waals surface area contributed by atoms with Gasteiger partial charge in [-0.25, -0.2) is 4.98 Å². The van der Waals surface area contributed by atoms with Crippen molar-refractivity contribution in [3.8, 4) is 17.6 Å². The lowest BCUT2D eigenvalue weighted by molar-refractivity contribution is 0.174. The number of aromatic nitrogens is 2. The number of aromatic amines is 1. The molecule has 2 heterocycles. The lowest BCUT2D eigenvalue weighted by Crippen LogP contribution is -1.92. The van der Waals surface area contributed by atoms with E-state index < -0.39 is 0 Å². The van der Waals surface area contributed by atoms with Crippen LogP contribution in [0.1, 0.15) is 22.5 Å². The maximum Gasteiger partial charge on any atom is 0.231 e. The minimum Gasteiger partial charge on any atom is -0.454 e. The van der Waals surface area contributed by atoms with E-state index in [9.17, 15) is 5.26 Å². The van der Waals surface area contributed by atoms with Crippen LogP contribution in [-0.2, 0) is 0 Å². The van der Waals surface area contributed by atoms with Gasteiger partial charge >= 0.3 is 0 Å². The molecule has 24 heavy (non-hydrogen) atoms. The number of rotatable bonds is 2. The van der Waals surface area contributed by atoms with E-state index in [1.54, 1.807) is 6.08 Å². The maximum absolute atomic E-state index is 9.53. The van der Waals surface area contributed by atoms with E-state index in [4.69, 9.17) is 9.47 Å². The van der Waals surface area contributed by atoms with Crippen molar-refractivity contribution in [2.45, 2.75) is 13.8 Å². The molecule has 3 aromatic rings. The van der Waals surface area contributed by atoms with E-state index in [1.807, 2.05) is 24.3 Å². The van der Waals surface area contributed by atoms with E-state index in [1.165, 1.54) is 11.1 Å². The van der Waals surface area contributed by atoms with Gasteiger partial charge in [-0.3, -0.25) is 0 Å². The van der Waals surface area contributed by atoms with Crippen LogP contribution in [0.25, 0.3) is 22.7 Å². The number of fused-ring (bicyclic) bond motifs is 2. The predicted molar refractivity (Wildman–Crippen MR) is 91.6 cm³/mol. The molecule has 0 saturated heterocycles. The van der Waals surface area contributed by atoms with Crippen molar-refractivity contribution >= 4 is 22.7 Å². The third-order valence-corrected chi connectivity index (χ3v) is 4.18. The van der Waals surface area contributed by atoms with Crippen molar-refractivity contribution in [1.29, 1.82) is 5.26 Å². The Morgan fingerprint density at radius 3 is 2.79 bits per heavy atom. The molecule has 2 aromatic carbocycles. The second-order valence-electron chi connectivity index (χ2n) is 5.82. The van der Waals surface area contributed by atoms with Crippen molar-refractivity contribution in [1.82, 2.24) is 9.97 Å². The van der Waals surface area contributed by atoms with E-state index in [2.05, 4.69) is 36.0 Å². The molecule has 1 aromatic heterocycles. The van der Waals surface area contributed by atoms with Gasteiger partial charge in [0.2, 0.25) is 6.79 Å². The van der Waals surface area contributed by atoms with Gasteiger partial charge < -0.3 is 14.5 Å². The monoisotopic (exact) mass is 317 g/mol. The number of hydrogen-bond donors (Lipinski definition) is 1. The fourth-order valence-electron chi connectivity index (χ4n) is 2.72. The number of hydrogen-bond acceptors (Lipinski definition) is 4. The summed E-state index contributed by atoms with van der Waals surface area (Å²) in [4.78, 5) is 7.78. The fraction of sp³-hybridized carbons (Fsp3) is 0.158. The first-order valence-corrected chi connectivity index (χ1v) is 7.63. The number of benzene rings is 2. The fourth-order valence-corrected chi connectivity index (χ4v) is 2.72. The van der Waals surface area contributed by atoms with Crippen LogP contribution in [0.4, 0.5) is 0 Å². The van der Waals surface area contributed by atoms with E-state index in [0.29, 0.717) is 17.1 Å². The third-order valence-electron chi connectivity index (χ3n) is 4.18. The summed E-state index contributed by atoms with van der Waals surface area (Å²) in [5.74, 6) is 1.98. The first-order chi connectivity index (χ1) is 11.6. The molecule has 0 radical (unpaired) electrons. The molecule has 0 atom stereocenters. The summed E-state index contributed by atoms with van der Waals surface area (Å²) in [5.41, 5.74) is 5.50. The van der Waals surface area contributed by atoms with Crippen molar-refractivity contribution in [2.24, 2.45) is 0 Å². The van der Waals surface area contributed by atoms with E-state index in [-0.39, 0.29) is 6.79 Å². The van der Waals surface area contributed by atoms with Crippen LogP contribution in [0.2, 0.25) is 0 Å². The second kappa shape index (κ2) is 5.43. The smallest absolute Gasteiger partial charge is 0.231 e. The zero-order chi connectivity index (χ0) is 16.7. The number of nitrogens with one attached hydrogen (secondary N) is 1. The van der Waals surface area contributed by atoms with Crippen LogP contribution in [0.5, 0.6) is 11.5 Å². The van der Waals surface area contributed by atoms with Gasteiger partial charge in [0.05, 0.1) is 16.6 Å². The number of ether oxygens (including phenoxy) is 2. The summed E-state index contributed by atoms with van der Waals surface area (Å²) in [6.07, 6.45) is 1.79. The average molecular weight is 317 g/mol. The van der Waals surface area contributed by atoms with E-state index >= 15 is 0 Å². The van der Waals surface area contributed by atoms with Gasteiger partial charge in [-0.15, -0.1) is 0 Å². The molecule has 0 spiro atoms. The van der Waals surface area contributed by atoms with Crippen molar-refractivity contribution in [3.05, 3.63) is 52.8 Å². The summed E-state index contributed by atoms with van der Waals surface area (Å²) in [7, 11) is 0. The quantitative estimate of drug-likeness (QED) is 0.726. The minimum absolute atomic E-state index is 0.232. The highest BCUT2D eigenvalue weighted by Gasteiger charge is 2.14. The Labute approximate surface area is 139 Å². The van der Waals surface area contributed by atoms with Gasteiger partial charge in [0.15, 0.2) is 11.5 Å². The van der Waals surface area contributed by atoms with Gasteiger partial charge in [-0.2, -0.15) is 5.26 Å². The second-order valence-corrected chi connectivity index (χ2v) is 5.82. The standard InChI is InChI=1S/C19H15N3O2/c1-11-5-15-16(6-12(11)2)22-19(21-15)14(9-20)7-13-3-4-17-18(8-13)24-10-23-17/h3-8H,10H2,1-2H3,(H,21,22)/b14-7+. The van der Waals surface area contributed by atoms with Crippen LogP contribution in [0.3, 0.4) is 0 Å². The average Bonchev–Trinajstić information content (AvgIpc) is 3.19. The molecule has 0 unspecified atom stereocenters. The summed E-state index contributed by atoms with van der Waals surface area (Å²) in [6.45, 7) is 4.34. The molecule has 118 valence electrons. The van der Waals surface area contributed by atoms with E-state index in [0.717, 1.165) is 22.3 Å². The Balaban J connectivity index is 1.77.